The number of amides is 4. The zero-order chi connectivity index (χ0) is 24.4. The Bertz CT molecular complexity index is 1030. The summed E-state index contributed by atoms with van der Waals surface area (Å²) in [6, 6.07) is 2.99. The van der Waals surface area contributed by atoms with E-state index in [9.17, 15) is 27.9 Å². The average Bonchev–Trinajstić information content (AvgIpc) is 3.00. The summed E-state index contributed by atoms with van der Waals surface area (Å²) in [7, 11) is -3.80. The summed E-state index contributed by atoms with van der Waals surface area (Å²) in [6.07, 6.45) is 3.78. The Morgan fingerprint density at radius 2 is 1.85 bits per heavy atom. The normalized spacial score (nSPS) is 23.3. The largest absolute Gasteiger partial charge is 0.506 e. The maximum absolute atomic E-state index is 13.0. The predicted molar refractivity (Wildman–Crippen MR) is 122 cm³/mol. The molecule has 0 unspecified atom stereocenters. The maximum Gasteiger partial charge on any atom is 0.325 e. The molecule has 2 fully saturated rings. The first-order valence-corrected chi connectivity index (χ1v) is 12.8. The first kappa shape index (κ1) is 25.0. The number of nitrogens with one attached hydrogen (secondary N) is 2. The number of aromatic hydroxyl groups is 1. The molecule has 0 aromatic heterocycles. The zero-order valence-electron chi connectivity index (χ0n) is 19.3. The lowest BCUT2D eigenvalue weighted by molar-refractivity contribution is -0.135. The summed E-state index contributed by atoms with van der Waals surface area (Å²) in [4.78, 5) is 38.9. The summed E-state index contributed by atoms with van der Waals surface area (Å²) in [5, 5.41) is 15.3. The van der Waals surface area contributed by atoms with Gasteiger partial charge in [0.2, 0.25) is 15.9 Å². The molecule has 1 saturated heterocycles. The van der Waals surface area contributed by atoms with Gasteiger partial charge in [-0.1, -0.05) is 27.2 Å². The second-order valence-electron chi connectivity index (χ2n) is 8.57. The van der Waals surface area contributed by atoms with Gasteiger partial charge in [-0.2, -0.15) is 4.31 Å². The van der Waals surface area contributed by atoms with Crippen molar-refractivity contribution in [3.63, 3.8) is 0 Å². The second kappa shape index (κ2) is 9.68. The molecule has 0 atom stereocenters. The van der Waals surface area contributed by atoms with Crippen LogP contribution in [-0.4, -0.2) is 65.7 Å². The topological polar surface area (TPSA) is 136 Å². The molecule has 3 rings (SSSR count). The Balaban J connectivity index is 1.72. The van der Waals surface area contributed by atoms with E-state index in [0.29, 0.717) is 18.8 Å². The number of benzene rings is 1. The number of rotatable bonds is 8. The van der Waals surface area contributed by atoms with Gasteiger partial charge in [-0.05, 0) is 49.8 Å². The number of carbonyl (C=O) groups is 3. The first-order chi connectivity index (χ1) is 15.6. The molecule has 1 aromatic rings. The number of nitrogens with zero attached hydrogens (tertiary/aromatic N) is 2. The van der Waals surface area contributed by atoms with Crippen LogP contribution < -0.4 is 10.6 Å². The van der Waals surface area contributed by atoms with Crippen LogP contribution in [0.4, 0.5) is 10.5 Å². The highest BCUT2D eigenvalue weighted by atomic mass is 32.2. The van der Waals surface area contributed by atoms with E-state index in [1.807, 2.05) is 0 Å². The van der Waals surface area contributed by atoms with Gasteiger partial charge in [0.1, 0.15) is 17.8 Å². The summed E-state index contributed by atoms with van der Waals surface area (Å²) in [6.45, 7) is 5.54. The summed E-state index contributed by atoms with van der Waals surface area (Å²) in [5.74, 6) is -0.932. The van der Waals surface area contributed by atoms with Gasteiger partial charge < -0.3 is 15.7 Å². The van der Waals surface area contributed by atoms with Crippen LogP contribution in [0.25, 0.3) is 0 Å². The second-order valence-corrected chi connectivity index (χ2v) is 10.5. The third kappa shape index (κ3) is 4.84. The van der Waals surface area contributed by atoms with Crippen molar-refractivity contribution in [2.45, 2.75) is 63.3 Å². The lowest BCUT2D eigenvalue weighted by Crippen LogP contribution is -2.49. The van der Waals surface area contributed by atoms with E-state index in [1.165, 1.54) is 22.5 Å². The van der Waals surface area contributed by atoms with Gasteiger partial charge in [0, 0.05) is 13.1 Å². The van der Waals surface area contributed by atoms with Gasteiger partial charge in [0.15, 0.2) is 0 Å². The van der Waals surface area contributed by atoms with Crippen LogP contribution in [0, 0.1) is 5.92 Å². The zero-order valence-corrected chi connectivity index (χ0v) is 20.1. The summed E-state index contributed by atoms with van der Waals surface area (Å²) < 4.78 is 26.8. The Hall–Kier alpha value is -2.66. The van der Waals surface area contributed by atoms with E-state index >= 15 is 0 Å². The van der Waals surface area contributed by atoms with Gasteiger partial charge in [-0.3, -0.25) is 14.5 Å². The Kier molecular flexibility index (Phi) is 7.32. The summed E-state index contributed by atoms with van der Waals surface area (Å²) in [5.41, 5.74) is -1.07. The van der Waals surface area contributed by atoms with Crippen molar-refractivity contribution in [2.75, 3.05) is 25.0 Å². The van der Waals surface area contributed by atoms with Crippen molar-refractivity contribution in [3.05, 3.63) is 18.2 Å². The monoisotopic (exact) mass is 480 g/mol. The van der Waals surface area contributed by atoms with E-state index < -0.39 is 40.0 Å². The smallest absolute Gasteiger partial charge is 0.325 e. The quantitative estimate of drug-likeness (QED) is 0.386. The Morgan fingerprint density at radius 3 is 2.42 bits per heavy atom. The number of imide groups is 1. The van der Waals surface area contributed by atoms with Crippen LogP contribution >= 0.6 is 0 Å². The number of anilines is 1. The van der Waals surface area contributed by atoms with E-state index in [4.69, 9.17) is 0 Å². The standard InChI is InChI=1S/C22H32N4O6S/c1-4-15-9-11-22(12-10-15)20(29)26(21(30)24-22)14-19(28)23-17-13-16(7-8-18(17)27)33(31,32)25(5-2)6-3/h7-8,13,15,27H,4-6,9-12,14H2,1-3H3,(H,23,28)(H,24,30). The van der Waals surface area contributed by atoms with Crippen LogP contribution in [0.2, 0.25) is 0 Å². The molecule has 10 nitrogen and oxygen atoms in total. The van der Waals surface area contributed by atoms with E-state index in [0.717, 1.165) is 24.2 Å². The number of hydrogen-bond donors (Lipinski definition) is 3. The number of phenols is 1. The molecular formula is C22H32N4O6S. The molecule has 1 heterocycles. The van der Waals surface area contributed by atoms with Crippen molar-refractivity contribution >= 4 is 33.6 Å². The molecule has 1 aliphatic heterocycles. The molecule has 33 heavy (non-hydrogen) atoms. The van der Waals surface area contributed by atoms with Crippen molar-refractivity contribution in [1.82, 2.24) is 14.5 Å². The van der Waals surface area contributed by atoms with Crippen LogP contribution in [-0.2, 0) is 19.6 Å². The molecule has 1 aromatic carbocycles. The number of carbonyl (C=O) groups excluding carboxylic acids is 3. The third-order valence-corrected chi connectivity index (χ3v) is 8.71. The molecule has 1 aliphatic carbocycles. The number of phenolic OH excluding ortho intramolecular Hbond substituents is 1. The molecule has 2 aliphatic rings. The highest BCUT2D eigenvalue weighted by Gasteiger charge is 2.52. The van der Waals surface area contributed by atoms with Crippen molar-refractivity contribution in [2.24, 2.45) is 5.92 Å². The van der Waals surface area contributed by atoms with Crippen LogP contribution in [0.1, 0.15) is 52.9 Å². The molecular weight excluding hydrogens is 448 g/mol. The molecule has 0 radical (unpaired) electrons. The summed E-state index contributed by atoms with van der Waals surface area (Å²) >= 11 is 0. The number of hydrogen-bond acceptors (Lipinski definition) is 6. The minimum atomic E-state index is -3.80. The Labute approximate surface area is 194 Å². The average molecular weight is 481 g/mol. The molecule has 1 saturated carbocycles. The van der Waals surface area contributed by atoms with Crippen LogP contribution in [0.5, 0.6) is 5.75 Å². The highest BCUT2D eigenvalue weighted by molar-refractivity contribution is 7.89. The molecule has 4 amide bonds. The van der Waals surface area contributed by atoms with Crippen molar-refractivity contribution in [3.8, 4) is 5.75 Å². The molecule has 1 spiro atoms. The van der Waals surface area contributed by atoms with Crippen LogP contribution in [0.3, 0.4) is 0 Å². The van der Waals surface area contributed by atoms with E-state index in [2.05, 4.69) is 17.6 Å². The molecule has 11 heteroatoms. The van der Waals surface area contributed by atoms with Gasteiger partial charge >= 0.3 is 6.03 Å². The fraction of sp³-hybridized carbons (Fsp3) is 0.591. The minimum absolute atomic E-state index is 0.0825. The number of sulfonamides is 1. The third-order valence-electron chi connectivity index (χ3n) is 6.67. The minimum Gasteiger partial charge on any atom is -0.506 e. The fourth-order valence-corrected chi connectivity index (χ4v) is 6.04. The molecule has 182 valence electrons. The van der Waals surface area contributed by atoms with E-state index in [-0.39, 0.29) is 29.4 Å². The Morgan fingerprint density at radius 1 is 1.21 bits per heavy atom. The van der Waals surface area contributed by atoms with Gasteiger partial charge in [0.05, 0.1) is 10.6 Å². The van der Waals surface area contributed by atoms with Crippen molar-refractivity contribution in [1.29, 1.82) is 0 Å². The van der Waals surface area contributed by atoms with Gasteiger partial charge in [-0.15, -0.1) is 0 Å². The SMILES string of the molecule is CCC1CCC2(CC1)NC(=O)N(CC(=O)Nc1cc(S(=O)(=O)N(CC)CC)ccc1O)C2=O. The maximum atomic E-state index is 13.0. The van der Waals surface area contributed by atoms with Gasteiger partial charge in [-0.25, -0.2) is 13.2 Å². The number of urea groups is 1. The van der Waals surface area contributed by atoms with Crippen molar-refractivity contribution < 1.29 is 27.9 Å². The highest BCUT2D eigenvalue weighted by Crippen LogP contribution is 2.37. The predicted octanol–water partition coefficient (Wildman–Crippen LogP) is 2.25. The van der Waals surface area contributed by atoms with E-state index in [1.54, 1.807) is 13.8 Å². The lowest BCUT2D eigenvalue weighted by Gasteiger charge is -2.34. The molecule has 3 N–H and O–H groups in total. The fourth-order valence-electron chi connectivity index (χ4n) is 4.56. The molecule has 0 bridgehead atoms. The van der Waals surface area contributed by atoms with Crippen LogP contribution in [0.15, 0.2) is 23.1 Å². The van der Waals surface area contributed by atoms with Gasteiger partial charge in [0.25, 0.3) is 5.91 Å². The lowest BCUT2D eigenvalue weighted by atomic mass is 9.75. The first-order valence-electron chi connectivity index (χ1n) is 11.3.